The molecule has 1 aliphatic heterocycles. The Hall–Kier alpha value is -2.98. The monoisotopic (exact) mass is 400 g/mol. The van der Waals surface area contributed by atoms with Gasteiger partial charge in [0.1, 0.15) is 0 Å². The second-order valence-corrected chi connectivity index (χ2v) is 8.46. The molecule has 4 nitrogen and oxygen atoms in total. The zero-order valence-corrected chi connectivity index (χ0v) is 17.8. The molecule has 0 spiro atoms. The van der Waals surface area contributed by atoms with E-state index in [1.165, 1.54) is 27.8 Å². The highest BCUT2D eigenvalue weighted by Crippen LogP contribution is 2.39. The summed E-state index contributed by atoms with van der Waals surface area (Å²) < 4.78 is 0. The number of aryl methyl sites for hydroxylation is 1. The van der Waals surface area contributed by atoms with Gasteiger partial charge in [0.05, 0.1) is 5.56 Å². The molecule has 1 aromatic heterocycles. The van der Waals surface area contributed by atoms with Gasteiger partial charge in [-0.25, -0.2) is 4.79 Å². The Bertz CT molecular complexity index is 1070. The number of hydrogen-bond donors (Lipinski definition) is 1. The van der Waals surface area contributed by atoms with Crippen LogP contribution in [0.2, 0.25) is 0 Å². The molecule has 1 N–H and O–H groups in total. The van der Waals surface area contributed by atoms with Crippen LogP contribution in [-0.4, -0.2) is 28.0 Å². The van der Waals surface area contributed by atoms with Gasteiger partial charge in [-0.1, -0.05) is 50.2 Å². The molecule has 154 valence electrons. The van der Waals surface area contributed by atoms with Crippen molar-refractivity contribution in [1.82, 2.24) is 9.88 Å². The highest BCUT2D eigenvalue weighted by Gasteiger charge is 2.28. The quantitative estimate of drug-likeness (QED) is 0.577. The lowest BCUT2D eigenvalue weighted by atomic mass is 9.90. The van der Waals surface area contributed by atoms with E-state index in [9.17, 15) is 9.90 Å². The van der Waals surface area contributed by atoms with Crippen LogP contribution in [0.3, 0.4) is 0 Å². The second-order valence-electron chi connectivity index (χ2n) is 8.46. The number of pyridine rings is 1. The van der Waals surface area contributed by atoms with Crippen molar-refractivity contribution in [2.45, 2.75) is 45.2 Å². The fourth-order valence-corrected chi connectivity index (χ4v) is 4.62. The van der Waals surface area contributed by atoms with Crippen LogP contribution in [-0.2, 0) is 13.0 Å². The van der Waals surface area contributed by atoms with Gasteiger partial charge in [0.2, 0.25) is 0 Å². The summed E-state index contributed by atoms with van der Waals surface area (Å²) in [5.41, 5.74) is 7.82. The number of carboxylic acids is 1. The number of carbonyl (C=O) groups is 1. The highest BCUT2D eigenvalue weighted by molar-refractivity contribution is 5.89. The molecule has 30 heavy (non-hydrogen) atoms. The smallest absolute Gasteiger partial charge is 0.336 e. The molecule has 4 rings (SSSR count). The Labute approximate surface area is 178 Å². The molecule has 1 aliphatic rings. The van der Waals surface area contributed by atoms with Gasteiger partial charge in [0, 0.05) is 25.0 Å². The van der Waals surface area contributed by atoms with Crippen molar-refractivity contribution in [2.24, 2.45) is 0 Å². The van der Waals surface area contributed by atoms with Crippen LogP contribution in [0.1, 0.15) is 64.8 Å². The van der Waals surface area contributed by atoms with Gasteiger partial charge in [-0.2, -0.15) is 0 Å². The van der Waals surface area contributed by atoms with Crippen molar-refractivity contribution in [3.63, 3.8) is 0 Å². The molecule has 0 unspecified atom stereocenters. The first kappa shape index (κ1) is 20.3. The minimum absolute atomic E-state index is 0.288. The lowest BCUT2D eigenvalue weighted by Gasteiger charge is -2.20. The van der Waals surface area contributed by atoms with E-state index in [0.29, 0.717) is 17.9 Å². The molecule has 0 bridgehead atoms. The topological polar surface area (TPSA) is 53.4 Å². The molecule has 0 amide bonds. The van der Waals surface area contributed by atoms with Crippen molar-refractivity contribution in [2.75, 3.05) is 7.05 Å². The van der Waals surface area contributed by atoms with Gasteiger partial charge in [-0.05, 0) is 71.3 Å². The van der Waals surface area contributed by atoms with Crippen molar-refractivity contribution in [3.8, 4) is 11.1 Å². The Kier molecular flexibility index (Phi) is 5.69. The van der Waals surface area contributed by atoms with Crippen LogP contribution < -0.4 is 0 Å². The third-order valence-corrected chi connectivity index (χ3v) is 6.17. The molecule has 0 saturated carbocycles. The first-order chi connectivity index (χ1) is 14.5. The summed E-state index contributed by atoms with van der Waals surface area (Å²) in [6, 6.07) is 17.4. The molecule has 2 heterocycles. The molecule has 0 radical (unpaired) electrons. The normalized spacial score (nSPS) is 16.1. The summed E-state index contributed by atoms with van der Waals surface area (Å²) in [5, 5.41) is 9.43. The fraction of sp³-hybridized carbons (Fsp3) is 0.308. The maximum absolute atomic E-state index is 11.5. The van der Waals surface area contributed by atoms with Gasteiger partial charge < -0.3 is 5.11 Å². The molecular weight excluding hydrogens is 372 g/mol. The molecular formula is C26H28N2O2. The van der Waals surface area contributed by atoms with Crippen LogP contribution in [0.25, 0.3) is 11.1 Å². The summed E-state index contributed by atoms with van der Waals surface area (Å²) in [6.07, 6.45) is 4.80. The lowest BCUT2D eigenvalue weighted by molar-refractivity contribution is 0.0695. The fourth-order valence-electron chi connectivity index (χ4n) is 4.62. The van der Waals surface area contributed by atoms with E-state index in [1.54, 1.807) is 18.5 Å². The lowest BCUT2D eigenvalue weighted by Crippen LogP contribution is -2.17. The summed E-state index contributed by atoms with van der Waals surface area (Å²) in [4.78, 5) is 18.0. The standard InChI is InChI=1S/C26H28N2O2/c1-17(2)21-6-4-5-7-22(21)18-8-10-23-20(14-18)16-28(3)25(23)11-9-19-15-27-13-12-24(19)26(29)30/h4-8,10,12-15,17,25H,9,11,16H2,1-3H3,(H,29,30)/t25-/m1/s1. The van der Waals surface area contributed by atoms with E-state index in [4.69, 9.17) is 0 Å². The Balaban J connectivity index is 1.59. The Morgan fingerprint density at radius 1 is 1.20 bits per heavy atom. The second kappa shape index (κ2) is 8.41. The number of carboxylic acid groups (broad SMARTS) is 1. The third kappa shape index (κ3) is 3.88. The van der Waals surface area contributed by atoms with Gasteiger partial charge in [-0.15, -0.1) is 0 Å². The van der Waals surface area contributed by atoms with E-state index < -0.39 is 5.97 Å². The molecule has 0 fully saturated rings. The molecule has 2 aromatic carbocycles. The summed E-state index contributed by atoms with van der Waals surface area (Å²) in [5.74, 6) is -0.408. The van der Waals surface area contributed by atoms with Gasteiger partial charge in [-0.3, -0.25) is 9.88 Å². The summed E-state index contributed by atoms with van der Waals surface area (Å²) in [7, 11) is 2.15. The summed E-state index contributed by atoms with van der Waals surface area (Å²) >= 11 is 0. The number of hydrogen-bond acceptors (Lipinski definition) is 3. The number of benzene rings is 2. The van der Waals surface area contributed by atoms with Crippen molar-refractivity contribution in [1.29, 1.82) is 0 Å². The SMILES string of the molecule is CC(C)c1ccccc1-c1ccc2c(c1)CN(C)[C@@H]2CCc1cnccc1C(=O)O. The maximum Gasteiger partial charge on any atom is 0.336 e. The van der Waals surface area contributed by atoms with E-state index in [2.05, 4.69) is 73.2 Å². The number of aromatic nitrogens is 1. The maximum atomic E-state index is 11.5. The zero-order valence-electron chi connectivity index (χ0n) is 17.8. The van der Waals surface area contributed by atoms with Crippen molar-refractivity contribution in [3.05, 3.63) is 88.7 Å². The van der Waals surface area contributed by atoms with Gasteiger partial charge >= 0.3 is 5.97 Å². The first-order valence-corrected chi connectivity index (χ1v) is 10.5. The van der Waals surface area contributed by atoms with Crippen LogP contribution in [0.5, 0.6) is 0 Å². The van der Waals surface area contributed by atoms with Crippen LogP contribution in [0.4, 0.5) is 0 Å². The van der Waals surface area contributed by atoms with E-state index in [-0.39, 0.29) is 6.04 Å². The molecule has 3 aromatic rings. The average molecular weight is 401 g/mol. The molecule has 1 atom stereocenters. The third-order valence-electron chi connectivity index (χ3n) is 6.17. The largest absolute Gasteiger partial charge is 0.478 e. The van der Waals surface area contributed by atoms with Gasteiger partial charge in [0.15, 0.2) is 0 Å². The van der Waals surface area contributed by atoms with Crippen LogP contribution in [0, 0.1) is 0 Å². The van der Waals surface area contributed by atoms with Crippen LogP contribution in [0.15, 0.2) is 60.9 Å². The van der Waals surface area contributed by atoms with Crippen LogP contribution >= 0.6 is 0 Å². The average Bonchev–Trinajstić information content (AvgIpc) is 3.06. The van der Waals surface area contributed by atoms with E-state index >= 15 is 0 Å². The minimum atomic E-state index is -0.888. The van der Waals surface area contributed by atoms with Crippen molar-refractivity contribution >= 4 is 5.97 Å². The molecule has 4 heteroatoms. The number of rotatable bonds is 6. The molecule has 0 saturated heterocycles. The zero-order chi connectivity index (χ0) is 21.3. The highest BCUT2D eigenvalue weighted by atomic mass is 16.4. The van der Waals surface area contributed by atoms with E-state index in [0.717, 1.165) is 18.5 Å². The predicted octanol–water partition coefficient (Wildman–Crippen LogP) is 5.69. The predicted molar refractivity (Wildman–Crippen MR) is 120 cm³/mol. The Morgan fingerprint density at radius 2 is 2.00 bits per heavy atom. The number of nitrogens with zero attached hydrogens (tertiary/aromatic N) is 2. The first-order valence-electron chi connectivity index (χ1n) is 10.5. The molecule has 0 aliphatic carbocycles. The minimum Gasteiger partial charge on any atom is -0.478 e. The number of aromatic carboxylic acids is 1. The number of fused-ring (bicyclic) bond motifs is 1. The van der Waals surface area contributed by atoms with Gasteiger partial charge in [0.25, 0.3) is 0 Å². The van der Waals surface area contributed by atoms with E-state index in [1.807, 2.05) is 0 Å². The summed E-state index contributed by atoms with van der Waals surface area (Å²) in [6.45, 7) is 5.39. The van der Waals surface area contributed by atoms with Crippen molar-refractivity contribution < 1.29 is 9.90 Å². The Morgan fingerprint density at radius 3 is 2.77 bits per heavy atom.